The van der Waals surface area contributed by atoms with E-state index in [9.17, 15) is 9.59 Å². The molecule has 1 N–H and O–H groups in total. The molecule has 3 aromatic rings. The summed E-state index contributed by atoms with van der Waals surface area (Å²) in [5.41, 5.74) is 5.22. The van der Waals surface area contributed by atoms with Crippen LogP contribution in [0.4, 0.5) is 0 Å². The van der Waals surface area contributed by atoms with Gasteiger partial charge < -0.3 is 14.8 Å². The molecule has 0 unspecified atom stereocenters. The van der Waals surface area contributed by atoms with Crippen LogP contribution in [-0.4, -0.2) is 35.4 Å². The average molecular weight is 377 g/mol. The van der Waals surface area contributed by atoms with E-state index in [1.165, 1.54) is 16.6 Å². The van der Waals surface area contributed by atoms with E-state index >= 15 is 0 Å². The molecule has 0 bridgehead atoms. The molecule has 146 valence electrons. The van der Waals surface area contributed by atoms with E-state index in [0.29, 0.717) is 24.9 Å². The third kappa shape index (κ3) is 4.42. The number of aryl methyl sites for hydroxylation is 3. The Morgan fingerprint density at radius 2 is 1.68 bits per heavy atom. The van der Waals surface area contributed by atoms with Crippen molar-refractivity contribution in [1.82, 2.24) is 14.8 Å². The molecule has 0 saturated heterocycles. The monoisotopic (exact) mass is 377 g/mol. The van der Waals surface area contributed by atoms with Gasteiger partial charge in [0.2, 0.25) is 5.91 Å². The van der Waals surface area contributed by atoms with Crippen molar-refractivity contribution in [2.24, 2.45) is 7.05 Å². The predicted molar refractivity (Wildman–Crippen MR) is 112 cm³/mol. The maximum atomic E-state index is 12.2. The van der Waals surface area contributed by atoms with E-state index in [1.807, 2.05) is 24.3 Å². The van der Waals surface area contributed by atoms with Crippen LogP contribution in [0, 0.1) is 6.92 Å². The molecule has 0 aliphatic heterocycles. The van der Waals surface area contributed by atoms with Gasteiger partial charge in [-0.2, -0.15) is 0 Å². The Labute approximate surface area is 166 Å². The lowest BCUT2D eigenvalue weighted by Crippen LogP contribution is -2.23. The SMILES string of the molecule is Cc1cc2cc(CNC(=O)CCc3ccc(C(=O)N(C)C)cc3)ccc2n1C. The van der Waals surface area contributed by atoms with Crippen LogP contribution in [0.2, 0.25) is 0 Å². The largest absolute Gasteiger partial charge is 0.352 e. The number of nitrogens with one attached hydrogen (secondary N) is 1. The zero-order valence-corrected chi connectivity index (χ0v) is 17.0. The normalized spacial score (nSPS) is 10.9. The van der Waals surface area contributed by atoms with E-state index in [0.717, 1.165) is 11.1 Å². The van der Waals surface area contributed by atoms with Gasteiger partial charge in [0.05, 0.1) is 0 Å². The van der Waals surface area contributed by atoms with Crippen molar-refractivity contribution < 1.29 is 9.59 Å². The first-order valence-electron chi connectivity index (χ1n) is 9.47. The first kappa shape index (κ1) is 19.7. The fraction of sp³-hybridized carbons (Fsp3) is 0.304. The van der Waals surface area contributed by atoms with Crippen molar-refractivity contribution in [3.63, 3.8) is 0 Å². The van der Waals surface area contributed by atoms with Crippen molar-refractivity contribution in [3.8, 4) is 0 Å². The summed E-state index contributed by atoms with van der Waals surface area (Å²) in [5, 5.41) is 4.19. The van der Waals surface area contributed by atoms with Crippen LogP contribution < -0.4 is 5.32 Å². The minimum Gasteiger partial charge on any atom is -0.352 e. The Hall–Kier alpha value is -3.08. The highest BCUT2D eigenvalue weighted by atomic mass is 16.2. The Kier molecular flexibility index (Phi) is 5.83. The summed E-state index contributed by atoms with van der Waals surface area (Å²) in [6.45, 7) is 2.61. The summed E-state index contributed by atoms with van der Waals surface area (Å²) < 4.78 is 2.16. The van der Waals surface area contributed by atoms with Gasteiger partial charge in [-0.05, 0) is 54.8 Å². The molecule has 2 amide bonds. The summed E-state index contributed by atoms with van der Waals surface area (Å²) in [5.74, 6) is 0.00709. The van der Waals surface area contributed by atoms with Crippen molar-refractivity contribution in [2.45, 2.75) is 26.3 Å². The molecule has 0 spiro atoms. The molecular weight excluding hydrogens is 350 g/mol. The van der Waals surface area contributed by atoms with Gasteiger partial charge in [-0.25, -0.2) is 0 Å². The highest BCUT2D eigenvalue weighted by Gasteiger charge is 2.08. The standard InChI is InChI=1S/C23H27N3O2/c1-16-13-20-14-18(7-11-21(20)26(16)4)15-24-22(27)12-8-17-5-9-19(10-6-17)23(28)25(2)3/h5-7,9-11,13-14H,8,12,15H2,1-4H3,(H,24,27). The van der Waals surface area contributed by atoms with Crippen molar-refractivity contribution >= 4 is 22.7 Å². The molecule has 5 nitrogen and oxygen atoms in total. The zero-order chi connectivity index (χ0) is 20.3. The molecule has 1 aromatic heterocycles. The van der Waals surface area contributed by atoms with Crippen molar-refractivity contribution in [2.75, 3.05) is 14.1 Å². The Morgan fingerprint density at radius 3 is 2.36 bits per heavy atom. The van der Waals surface area contributed by atoms with Gasteiger partial charge in [0, 0.05) is 56.3 Å². The van der Waals surface area contributed by atoms with E-state index in [4.69, 9.17) is 0 Å². The number of amides is 2. The number of hydrogen-bond donors (Lipinski definition) is 1. The lowest BCUT2D eigenvalue weighted by molar-refractivity contribution is -0.121. The molecule has 0 fully saturated rings. The van der Waals surface area contributed by atoms with E-state index in [-0.39, 0.29) is 11.8 Å². The molecule has 5 heteroatoms. The number of aromatic nitrogens is 1. The van der Waals surface area contributed by atoms with Crippen LogP contribution in [0.1, 0.15) is 33.6 Å². The molecule has 3 rings (SSSR count). The number of rotatable bonds is 6. The predicted octanol–water partition coefficient (Wildman–Crippen LogP) is 3.44. The minimum atomic E-state index is -0.0186. The van der Waals surface area contributed by atoms with Gasteiger partial charge in [-0.3, -0.25) is 9.59 Å². The molecule has 0 aliphatic carbocycles. The average Bonchev–Trinajstić information content (AvgIpc) is 2.97. The second kappa shape index (κ2) is 8.30. The highest BCUT2D eigenvalue weighted by molar-refractivity contribution is 5.93. The van der Waals surface area contributed by atoms with Gasteiger partial charge in [0.25, 0.3) is 5.91 Å². The summed E-state index contributed by atoms with van der Waals surface area (Å²) >= 11 is 0. The van der Waals surface area contributed by atoms with Gasteiger partial charge in [-0.15, -0.1) is 0 Å². The highest BCUT2D eigenvalue weighted by Crippen LogP contribution is 2.19. The summed E-state index contributed by atoms with van der Waals surface area (Å²) in [7, 11) is 5.52. The number of benzene rings is 2. The van der Waals surface area contributed by atoms with Crippen molar-refractivity contribution in [3.05, 3.63) is 70.9 Å². The molecular formula is C23H27N3O2. The Balaban J connectivity index is 1.51. The number of fused-ring (bicyclic) bond motifs is 1. The third-order valence-corrected chi connectivity index (χ3v) is 5.08. The Bertz CT molecular complexity index is 1000. The summed E-state index contributed by atoms with van der Waals surface area (Å²) in [4.78, 5) is 25.7. The minimum absolute atomic E-state index is 0.0186. The molecule has 0 aliphatic rings. The fourth-order valence-electron chi connectivity index (χ4n) is 3.27. The van der Waals surface area contributed by atoms with Crippen LogP contribution in [-0.2, 0) is 24.8 Å². The van der Waals surface area contributed by atoms with E-state index in [2.05, 4.69) is 48.1 Å². The Morgan fingerprint density at radius 1 is 1.00 bits per heavy atom. The van der Waals surface area contributed by atoms with Crippen LogP contribution in [0.25, 0.3) is 10.9 Å². The summed E-state index contributed by atoms with van der Waals surface area (Å²) in [6.07, 6.45) is 1.08. The number of carbonyl (C=O) groups is 2. The van der Waals surface area contributed by atoms with Crippen LogP contribution in [0.5, 0.6) is 0 Å². The van der Waals surface area contributed by atoms with E-state index < -0.39 is 0 Å². The van der Waals surface area contributed by atoms with E-state index in [1.54, 1.807) is 19.0 Å². The first-order chi connectivity index (χ1) is 13.3. The molecule has 1 heterocycles. The molecule has 0 radical (unpaired) electrons. The lowest BCUT2D eigenvalue weighted by Gasteiger charge is -2.10. The second-order valence-corrected chi connectivity index (χ2v) is 7.41. The summed E-state index contributed by atoms with van der Waals surface area (Å²) in [6, 6.07) is 15.9. The molecule has 0 atom stereocenters. The maximum Gasteiger partial charge on any atom is 0.253 e. The van der Waals surface area contributed by atoms with Gasteiger partial charge >= 0.3 is 0 Å². The van der Waals surface area contributed by atoms with Crippen LogP contribution >= 0.6 is 0 Å². The van der Waals surface area contributed by atoms with Crippen LogP contribution in [0.15, 0.2) is 48.5 Å². The topological polar surface area (TPSA) is 54.3 Å². The lowest BCUT2D eigenvalue weighted by atomic mass is 10.1. The van der Waals surface area contributed by atoms with Gasteiger partial charge in [0.1, 0.15) is 0 Å². The smallest absolute Gasteiger partial charge is 0.253 e. The molecule has 28 heavy (non-hydrogen) atoms. The quantitative estimate of drug-likeness (QED) is 0.715. The van der Waals surface area contributed by atoms with Crippen LogP contribution in [0.3, 0.4) is 0 Å². The fourth-order valence-corrected chi connectivity index (χ4v) is 3.27. The van der Waals surface area contributed by atoms with Gasteiger partial charge in [-0.1, -0.05) is 18.2 Å². The number of nitrogens with zero attached hydrogens (tertiary/aromatic N) is 2. The first-order valence-corrected chi connectivity index (χ1v) is 9.47. The number of hydrogen-bond acceptors (Lipinski definition) is 2. The maximum absolute atomic E-state index is 12.2. The second-order valence-electron chi connectivity index (χ2n) is 7.41. The number of carbonyl (C=O) groups excluding carboxylic acids is 2. The third-order valence-electron chi connectivity index (χ3n) is 5.08. The molecule has 0 saturated carbocycles. The molecule has 2 aromatic carbocycles. The zero-order valence-electron chi connectivity index (χ0n) is 17.0. The van der Waals surface area contributed by atoms with Crippen molar-refractivity contribution in [1.29, 1.82) is 0 Å². The van der Waals surface area contributed by atoms with Gasteiger partial charge in [0.15, 0.2) is 0 Å².